The molecule has 2 fully saturated rings. The lowest BCUT2D eigenvalue weighted by Crippen LogP contribution is -2.62. The van der Waals surface area contributed by atoms with E-state index in [1.165, 1.54) is 38.2 Å². The van der Waals surface area contributed by atoms with Crippen LogP contribution in [0.4, 0.5) is 11.5 Å². The first kappa shape index (κ1) is 13.3. The van der Waals surface area contributed by atoms with Crippen LogP contribution in [0.2, 0.25) is 0 Å². The molecule has 108 valence electrons. The summed E-state index contributed by atoms with van der Waals surface area (Å²) >= 11 is 0. The Morgan fingerprint density at radius 1 is 1.30 bits per heavy atom. The van der Waals surface area contributed by atoms with Gasteiger partial charge in [0.25, 0.3) is 0 Å². The molecule has 0 radical (unpaired) electrons. The summed E-state index contributed by atoms with van der Waals surface area (Å²) in [7, 11) is 0. The molecule has 0 bridgehead atoms. The zero-order valence-corrected chi connectivity index (χ0v) is 11.5. The van der Waals surface area contributed by atoms with E-state index in [2.05, 4.69) is 15.2 Å². The molecule has 1 saturated heterocycles. The summed E-state index contributed by atoms with van der Waals surface area (Å²) in [4.78, 5) is 16.6. The van der Waals surface area contributed by atoms with Gasteiger partial charge in [0.2, 0.25) is 0 Å². The Balaban J connectivity index is 1.87. The molecule has 0 atom stereocenters. The highest BCUT2D eigenvalue weighted by Crippen LogP contribution is 2.37. The van der Waals surface area contributed by atoms with Gasteiger partial charge in [0, 0.05) is 25.7 Å². The van der Waals surface area contributed by atoms with E-state index in [1.54, 1.807) is 6.20 Å². The van der Waals surface area contributed by atoms with E-state index >= 15 is 0 Å². The van der Waals surface area contributed by atoms with Gasteiger partial charge in [0.1, 0.15) is 0 Å². The molecule has 1 aromatic heterocycles. The standard InChI is InChI=1S/C14H20N4O2/c19-18(20)13-5-4-12(10-16-13)17-9-8-15-11-14(17)6-2-1-3-7-14/h4-5,10,15H,1-3,6-9,11H2. The third kappa shape index (κ3) is 2.35. The molecular weight excluding hydrogens is 256 g/mol. The molecule has 1 saturated carbocycles. The number of pyridine rings is 1. The molecule has 1 N–H and O–H groups in total. The summed E-state index contributed by atoms with van der Waals surface area (Å²) in [6.45, 7) is 2.90. The van der Waals surface area contributed by atoms with E-state index in [1.807, 2.05) is 6.07 Å². The first-order valence-electron chi connectivity index (χ1n) is 7.30. The lowest BCUT2D eigenvalue weighted by Gasteiger charge is -2.50. The molecule has 0 amide bonds. The molecule has 2 aliphatic rings. The van der Waals surface area contributed by atoms with Crippen LogP contribution in [0.1, 0.15) is 32.1 Å². The molecule has 1 aliphatic heterocycles. The van der Waals surface area contributed by atoms with Gasteiger partial charge in [-0.15, -0.1) is 0 Å². The lowest BCUT2D eigenvalue weighted by atomic mass is 9.79. The van der Waals surface area contributed by atoms with E-state index < -0.39 is 4.92 Å². The Morgan fingerprint density at radius 2 is 2.10 bits per heavy atom. The minimum Gasteiger partial charge on any atom is -0.360 e. The van der Waals surface area contributed by atoms with E-state index in [9.17, 15) is 10.1 Å². The SMILES string of the molecule is O=[N+]([O-])c1ccc(N2CCNCC23CCCCC3)cn1. The molecular formula is C14H20N4O2. The van der Waals surface area contributed by atoms with Crippen molar-refractivity contribution in [1.29, 1.82) is 0 Å². The third-order valence-electron chi connectivity index (χ3n) is 4.55. The summed E-state index contributed by atoms with van der Waals surface area (Å²) in [5, 5.41) is 14.2. The van der Waals surface area contributed by atoms with Gasteiger partial charge < -0.3 is 20.3 Å². The molecule has 6 nitrogen and oxygen atoms in total. The predicted octanol–water partition coefficient (Wildman–Crippen LogP) is 2.10. The highest BCUT2D eigenvalue weighted by molar-refractivity contribution is 5.50. The summed E-state index contributed by atoms with van der Waals surface area (Å²) in [6.07, 6.45) is 7.87. The second-order valence-electron chi connectivity index (χ2n) is 5.75. The maximum absolute atomic E-state index is 10.7. The number of nitro groups is 1. The number of rotatable bonds is 2. The summed E-state index contributed by atoms with van der Waals surface area (Å²) in [5.74, 6) is -0.0819. The summed E-state index contributed by atoms with van der Waals surface area (Å²) in [6, 6.07) is 3.35. The largest absolute Gasteiger partial charge is 0.363 e. The minimum atomic E-state index is -0.447. The number of hydrogen-bond acceptors (Lipinski definition) is 5. The molecule has 1 aliphatic carbocycles. The van der Waals surface area contributed by atoms with Gasteiger partial charge in [-0.05, 0) is 28.8 Å². The van der Waals surface area contributed by atoms with Crippen LogP contribution in [0.5, 0.6) is 0 Å². The van der Waals surface area contributed by atoms with Gasteiger partial charge in [0.15, 0.2) is 6.20 Å². The van der Waals surface area contributed by atoms with Crippen molar-refractivity contribution in [2.24, 2.45) is 0 Å². The molecule has 0 aromatic carbocycles. The smallest absolute Gasteiger partial charge is 0.360 e. The first-order valence-corrected chi connectivity index (χ1v) is 7.30. The van der Waals surface area contributed by atoms with Crippen LogP contribution in [0.25, 0.3) is 0 Å². The molecule has 2 heterocycles. The van der Waals surface area contributed by atoms with Crippen LogP contribution in [0.15, 0.2) is 18.3 Å². The van der Waals surface area contributed by atoms with Crippen molar-refractivity contribution in [3.05, 3.63) is 28.4 Å². The van der Waals surface area contributed by atoms with Crippen LogP contribution in [0.3, 0.4) is 0 Å². The number of aromatic nitrogens is 1. The van der Waals surface area contributed by atoms with Crippen LogP contribution < -0.4 is 10.2 Å². The van der Waals surface area contributed by atoms with Crippen LogP contribution in [-0.4, -0.2) is 35.1 Å². The van der Waals surface area contributed by atoms with Gasteiger partial charge in [-0.25, -0.2) is 0 Å². The topological polar surface area (TPSA) is 71.3 Å². The van der Waals surface area contributed by atoms with Crippen molar-refractivity contribution in [1.82, 2.24) is 10.3 Å². The average molecular weight is 276 g/mol. The Hall–Kier alpha value is -1.69. The second-order valence-corrected chi connectivity index (χ2v) is 5.75. The van der Waals surface area contributed by atoms with E-state index in [0.29, 0.717) is 0 Å². The Morgan fingerprint density at radius 3 is 2.75 bits per heavy atom. The molecule has 3 rings (SSSR count). The fourth-order valence-electron chi connectivity index (χ4n) is 3.55. The van der Waals surface area contributed by atoms with Crippen LogP contribution in [-0.2, 0) is 0 Å². The van der Waals surface area contributed by atoms with Crippen molar-refractivity contribution in [3.8, 4) is 0 Å². The van der Waals surface area contributed by atoms with Gasteiger partial charge in [0.05, 0.1) is 11.2 Å². The number of nitrogens with zero attached hydrogens (tertiary/aromatic N) is 3. The zero-order chi connectivity index (χ0) is 14.0. The Labute approximate surface area is 118 Å². The van der Waals surface area contributed by atoms with Crippen LogP contribution in [0, 0.1) is 10.1 Å². The van der Waals surface area contributed by atoms with Crippen molar-refractivity contribution in [2.45, 2.75) is 37.6 Å². The van der Waals surface area contributed by atoms with Crippen LogP contribution >= 0.6 is 0 Å². The molecule has 0 unspecified atom stereocenters. The third-order valence-corrected chi connectivity index (χ3v) is 4.55. The molecule has 1 spiro atoms. The van der Waals surface area contributed by atoms with Gasteiger partial charge in [-0.2, -0.15) is 0 Å². The monoisotopic (exact) mass is 276 g/mol. The Bertz CT molecular complexity index is 474. The van der Waals surface area contributed by atoms with Crippen molar-refractivity contribution in [2.75, 3.05) is 24.5 Å². The average Bonchev–Trinajstić information content (AvgIpc) is 2.49. The number of anilines is 1. The fraction of sp³-hybridized carbons (Fsp3) is 0.643. The number of piperazine rings is 1. The maximum atomic E-state index is 10.7. The van der Waals surface area contributed by atoms with E-state index in [4.69, 9.17) is 0 Å². The molecule has 1 aromatic rings. The lowest BCUT2D eigenvalue weighted by molar-refractivity contribution is -0.389. The quantitative estimate of drug-likeness (QED) is 0.661. The Kier molecular flexibility index (Phi) is 3.56. The second kappa shape index (κ2) is 5.36. The van der Waals surface area contributed by atoms with Crippen molar-refractivity contribution < 1.29 is 4.92 Å². The first-order chi connectivity index (χ1) is 9.71. The highest BCUT2D eigenvalue weighted by atomic mass is 16.6. The normalized spacial score (nSPS) is 21.9. The summed E-state index contributed by atoms with van der Waals surface area (Å²) < 4.78 is 0. The highest BCUT2D eigenvalue weighted by Gasteiger charge is 2.40. The molecule has 6 heteroatoms. The van der Waals surface area contributed by atoms with E-state index in [0.717, 1.165) is 25.3 Å². The van der Waals surface area contributed by atoms with E-state index in [-0.39, 0.29) is 11.4 Å². The number of hydrogen-bond donors (Lipinski definition) is 1. The van der Waals surface area contributed by atoms with Gasteiger partial charge in [-0.1, -0.05) is 19.3 Å². The van der Waals surface area contributed by atoms with Crippen molar-refractivity contribution in [3.63, 3.8) is 0 Å². The van der Waals surface area contributed by atoms with Gasteiger partial charge in [-0.3, -0.25) is 0 Å². The number of nitrogens with one attached hydrogen (secondary N) is 1. The summed E-state index contributed by atoms with van der Waals surface area (Å²) in [5.41, 5.74) is 1.19. The predicted molar refractivity (Wildman–Crippen MR) is 76.9 cm³/mol. The minimum absolute atomic E-state index is 0.0819. The van der Waals surface area contributed by atoms with Gasteiger partial charge >= 0.3 is 5.82 Å². The maximum Gasteiger partial charge on any atom is 0.363 e. The van der Waals surface area contributed by atoms with Crippen molar-refractivity contribution >= 4 is 11.5 Å². The zero-order valence-electron chi connectivity index (χ0n) is 11.5. The fourth-order valence-corrected chi connectivity index (χ4v) is 3.55. The molecule has 20 heavy (non-hydrogen) atoms.